The van der Waals surface area contributed by atoms with Gasteiger partial charge in [0.25, 0.3) is 0 Å². The SMILES string of the molecule is CC(C)n1cc(C=CCBr)cn1. The lowest BCUT2D eigenvalue weighted by atomic mass is 10.3. The third-order valence-corrected chi connectivity index (χ3v) is 1.92. The third-order valence-electron chi connectivity index (χ3n) is 1.55. The Morgan fingerprint density at radius 1 is 1.67 bits per heavy atom. The van der Waals surface area contributed by atoms with Crippen molar-refractivity contribution in [2.75, 3.05) is 5.33 Å². The van der Waals surface area contributed by atoms with Crippen LogP contribution >= 0.6 is 15.9 Å². The molecule has 0 N–H and O–H groups in total. The van der Waals surface area contributed by atoms with E-state index >= 15 is 0 Å². The monoisotopic (exact) mass is 228 g/mol. The molecule has 3 heteroatoms. The van der Waals surface area contributed by atoms with Crippen molar-refractivity contribution in [3.63, 3.8) is 0 Å². The van der Waals surface area contributed by atoms with Crippen molar-refractivity contribution in [3.05, 3.63) is 24.0 Å². The van der Waals surface area contributed by atoms with Crippen molar-refractivity contribution in [1.82, 2.24) is 9.78 Å². The first-order chi connectivity index (χ1) is 5.74. The third kappa shape index (κ3) is 2.48. The van der Waals surface area contributed by atoms with Gasteiger partial charge < -0.3 is 0 Å². The smallest absolute Gasteiger partial charge is 0.0562 e. The summed E-state index contributed by atoms with van der Waals surface area (Å²) < 4.78 is 1.95. The summed E-state index contributed by atoms with van der Waals surface area (Å²) in [6.45, 7) is 4.23. The van der Waals surface area contributed by atoms with Gasteiger partial charge in [-0.1, -0.05) is 28.1 Å². The second-order valence-electron chi connectivity index (χ2n) is 2.90. The number of hydrogen-bond acceptors (Lipinski definition) is 1. The van der Waals surface area contributed by atoms with E-state index in [-0.39, 0.29) is 0 Å². The molecule has 66 valence electrons. The highest BCUT2D eigenvalue weighted by Gasteiger charge is 1.97. The Bertz CT molecular complexity index is 263. The average molecular weight is 229 g/mol. The number of halogens is 1. The fraction of sp³-hybridized carbons (Fsp3) is 0.444. The first-order valence-electron chi connectivity index (χ1n) is 4.00. The molecule has 0 aliphatic heterocycles. The standard InChI is InChI=1S/C9H13BrN2/c1-8(2)12-7-9(6-11-12)4-3-5-10/h3-4,6-8H,5H2,1-2H3. The zero-order valence-electron chi connectivity index (χ0n) is 7.37. The molecule has 12 heavy (non-hydrogen) atoms. The van der Waals surface area contributed by atoms with E-state index in [1.165, 1.54) is 0 Å². The minimum atomic E-state index is 0.441. The predicted molar refractivity (Wildman–Crippen MR) is 55.4 cm³/mol. The maximum atomic E-state index is 4.22. The van der Waals surface area contributed by atoms with E-state index in [0.717, 1.165) is 10.9 Å². The van der Waals surface area contributed by atoms with E-state index in [2.05, 4.69) is 47.0 Å². The summed E-state index contributed by atoms with van der Waals surface area (Å²) in [5.74, 6) is 0. The molecule has 1 heterocycles. The Labute approximate surface area is 81.4 Å². The van der Waals surface area contributed by atoms with E-state index < -0.39 is 0 Å². The summed E-state index contributed by atoms with van der Waals surface area (Å²) in [6.07, 6.45) is 8.03. The summed E-state index contributed by atoms with van der Waals surface area (Å²) in [5.41, 5.74) is 1.16. The minimum absolute atomic E-state index is 0.441. The Hall–Kier alpha value is -0.570. The van der Waals surface area contributed by atoms with Crippen LogP contribution in [0.25, 0.3) is 6.08 Å². The van der Waals surface area contributed by atoms with Crippen molar-refractivity contribution in [3.8, 4) is 0 Å². The molecule has 0 amide bonds. The van der Waals surface area contributed by atoms with Crippen LogP contribution in [0.2, 0.25) is 0 Å². The second kappa shape index (κ2) is 4.45. The van der Waals surface area contributed by atoms with Gasteiger partial charge in [-0.3, -0.25) is 4.68 Å². The molecule has 1 aromatic heterocycles. The van der Waals surface area contributed by atoms with E-state index in [1.54, 1.807) is 0 Å². The largest absolute Gasteiger partial charge is 0.270 e. The van der Waals surface area contributed by atoms with Crippen molar-refractivity contribution < 1.29 is 0 Å². The summed E-state index contributed by atoms with van der Waals surface area (Å²) in [4.78, 5) is 0. The van der Waals surface area contributed by atoms with Gasteiger partial charge >= 0.3 is 0 Å². The molecule has 0 bridgehead atoms. The van der Waals surface area contributed by atoms with Crippen LogP contribution in [0, 0.1) is 0 Å². The fourth-order valence-electron chi connectivity index (χ4n) is 0.902. The zero-order chi connectivity index (χ0) is 8.97. The summed E-state index contributed by atoms with van der Waals surface area (Å²) >= 11 is 3.33. The molecule has 0 saturated carbocycles. The van der Waals surface area contributed by atoms with Crippen LogP contribution in [-0.2, 0) is 0 Å². The first kappa shape index (κ1) is 9.52. The van der Waals surface area contributed by atoms with Crippen molar-refractivity contribution in [2.24, 2.45) is 0 Å². The van der Waals surface area contributed by atoms with Gasteiger partial charge in [0.2, 0.25) is 0 Å². The molecule has 0 radical (unpaired) electrons. The number of alkyl halides is 1. The molecule has 1 rings (SSSR count). The number of rotatable bonds is 3. The summed E-state index contributed by atoms with van der Waals surface area (Å²) in [5, 5.41) is 5.11. The molecule has 0 aromatic carbocycles. The Morgan fingerprint density at radius 2 is 2.42 bits per heavy atom. The maximum Gasteiger partial charge on any atom is 0.0562 e. The molecule has 0 saturated heterocycles. The highest BCUT2D eigenvalue weighted by molar-refractivity contribution is 9.09. The predicted octanol–water partition coefficient (Wildman–Crippen LogP) is 2.87. The number of aromatic nitrogens is 2. The Balaban J connectivity index is 2.70. The molecular weight excluding hydrogens is 216 g/mol. The van der Waals surface area contributed by atoms with Gasteiger partial charge in [-0.15, -0.1) is 0 Å². The number of nitrogens with zero attached hydrogens (tertiary/aromatic N) is 2. The fourth-order valence-corrected chi connectivity index (χ4v) is 1.09. The molecule has 0 atom stereocenters. The quantitative estimate of drug-likeness (QED) is 0.728. The van der Waals surface area contributed by atoms with E-state index in [9.17, 15) is 0 Å². The Morgan fingerprint density at radius 3 is 2.92 bits per heavy atom. The lowest BCUT2D eigenvalue weighted by Gasteiger charge is -2.02. The van der Waals surface area contributed by atoms with Crippen LogP contribution in [0.1, 0.15) is 25.5 Å². The van der Waals surface area contributed by atoms with E-state index in [0.29, 0.717) is 6.04 Å². The van der Waals surface area contributed by atoms with Gasteiger partial charge in [-0.2, -0.15) is 5.10 Å². The van der Waals surface area contributed by atoms with E-state index in [4.69, 9.17) is 0 Å². The molecule has 0 spiro atoms. The van der Waals surface area contributed by atoms with Gasteiger partial charge in [-0.05, 0) is 13.8 Å². The topological polar surface area (TPSA) is 17.8 Å². The van der Waals surface area contributed by atoms with Gasteiger partial charge in [0.1, 0.15) is 0 Å². The van der Waals surface area contributed by atoms with Crippen molar-refractivity contribution in [2.45, 2.75) is 19.9 Å². The molecule has 0 fully saturated rings. The number of allylic oxidation sites excluding steroid dienone is 1. The van der Waals surface area contributed by atoms with Crippen LogP contribution in [0.5, 0.6) is 0 Å². The maximum absolute atomic E-state index is 4.22. The molecule has 2 nitrogen and oxygen atoms in total. The normalized spacial score (nSPS) is 11.7. The molecular formula is C9H13BrN2. The van der Waals surface area contributed by atoms with Gasteiger partial charge in [0.15, 0.2) is 0 Å². The van der Waals surface area contributed by atoms with Crippen LogP contribution in [0.15, 0.2) is 18.5 Å². The molecule has 0 unspecified atom stereocenters. The zero-order valence-corrected chi connectivity index (χ0v) is 8.95. The van der Waals surface area contributed by atoms with Crippen molar-refractivity contribution >= 4 is 22.0 Å². The minimum Gasteiger partial charge on any atom is -0.270 e. The number of hydrogen-bond donors (Lipinski definition) is 0. The van der Waals surface area contributed by atoms with Crippen LogP contribution in [0.4, 0.5) is 0 Å². The van der Waals surface area contributed by atoms with Gasteiger partial charge in [0.05, 0.1) is 6.20 Å². The van der Waals surface area contributed by atoms with Crippen LogP contribution in [0.3, 0.4) is 0 Å². The lowest BCUT2D eigenvalue weighted by molar-refractivity contribution is 0.532. The molecule has 0 aliphatic carbocycles. The second-order valence-corrected chi connectivity index (χ2v) is 3.55. The van der Waals surface area contributed by atoms with E-state index in [1.807, 2.05) is 17.1 Å². The summed E-state index contributed by atoms with van der Waals surface area (Å²) in [6, 6.07) is 0.441. The highest BCUT2D eigenvalue weighted by atomic mass is 79.9. The Kier molecular flexibility index (Phi) is 3.53. The van der Waals surface area contributed by atoms with Crippen LogP contribution < -0.4 is 0 Å². The van der Waals surface area contributed by atoms with Gasteiger partial charge in [0, 0.05) is 23.1 Å². The first-order valence-corrected chi connectivity index (χ1v) is 5.13. The lowest BCUT2D eigenvalue weighted by Crippen LogP contribution is -1.99. The highest BCUT2D eigenvalue weighted by Crippen LogP contribution is 2.06. The molecule has 1 aromatic rings. The van der Waals surface area contributed by atoms with Gasteiger partial charge in [-0.25, -0.2) is 0 Å². The molecule has 0 aliphatic rings. The van der Waals surface area contributed by atoms with Crippen LogP contribution in [-0.4, -0.2) is 15.1 Å². The average Bonchev–Trinajstić information content (AvgIpc) is 2.48. The van der Waals surface area contributed by atoms with Crippen molar-refractivity contribution in [1.29, 1.82) is 0 Å². The summed E-state index contributed by atoms with van der Waals surface area (Å²) in [7, 11) is 0.